The van der Waals surface area contributed by atoms with Crippen molar-refractivity contribution in [2.75, 3.05) is 6.54 Å². The zero-order valence-electron chi connectivity index (χ0n) is 18.8. The van der Waals surface area contributed by atoms with Crippen LogP contribution in [0.25, 0.3) is 0 Å². The van der Waals surface area contributed by atoms with Gasteiger partial charge in [-0.05, 0) is 35.7 Å². The average Bonchev–Trinajstić information content (AvgIpc) is 3.38. The van der Waals surface area contributed by atoms with Crippen LogP contribution in [-0.2, 0) is 19.9 Å². The number of thiophene rings is 1. The van der Waals surface area contributed by atoms with Gasteiger partial charge >= 0.3 is 16.3 Å². The molecule has 2 atom stereocenters. The summed E-state index contributed by atoms with van der Waals surface area (Å²) in [6, 6.07) is 9.46. The van der Waals surface area contributed by atoms with E-state index in [-0.39, 0.29) is 5.56 Å². The monoisotopic (exact) mass is 564 g/mol. The van der Waals surface area contributed by atoms with E-state index < -0.39 is 52.7 Å². The maximum Gasteiger partial charge on any atom is 0.466 e. The van der Waals surface area contributed by atoms with Crippen molar-refractivity contribution >= 4 is 57.0 Å². The highest BCUT2D eigenvalue weighted by atomic mass is 35.5. The van der Waals surface area contributed by atoms with Crippen LogP contribution in [-0.4, -0.2) is 54.0 Å². The smallest absolute Gasteiger partial charge is 0.351 e. The van der Waals surface area contributed by atoms with Gasteiger partial charge in [0.05, 0.1) is 6.54 Å². The first-order valence-corrected chi connectivity index (χ1v) is 13.2. The number of halogens is 1. The van der Waals surface area contributed by atoms with E-state index in [0.29, 0.717) is 19.1 Å². The first kappa shape index (κ1) is 26.1. The maximum atomic E-state index is 13.3. The highest BCUT2D eigenvalue weighted by Gasteiger charge is 2.49. The Labute approximate surface area is 220 Å². The number of urea groups is 1. The van der Waals surface area contributed by atoms with Gasteiger partial charge in [0, 0.05) is 32.3 Å². The third-order valence-corrected chi connectivity index (χ3v) is 7.62. The second kappa shape index (κ2) is 10.5. The van der Waals surface area contributed by atoms with Crippen LogP contribution in [0, 0.1) is 0 Å². The fraction of sp³-hybridized carbons (Fsp3) is 0.136. The molecule has 1 saturated heterocycles. The second-order valence-corrected chi connectivity index (χ2v) is 10.5. The number of imide groups is 1. The first-order chi connectivity index (χ1) is 17.6. The normalized spacial score (nSPS) is 15.9. The number of nitrogens with one attached hydrogen (secondary N) is 1. The van der Waals surface area contributed by atoms with E-state index in [1.807, 2.05) is 0 Å². The van der Waals surface area contributed by atoms with Crippen molar-refractivity contribution < 1.29 is 36.6 Å². The number of nitrogens with zero attached hydrogens (tertiary/aromatic N) is 3. The second-order valence-electron chi connectivity index (χ2n) is 7.64. The van der Waals surface area contributed by atoms with E-state index >= 15 is 0 Å². The van der Waals surface area contributed by atoms with Crippen LogP contribution >= 0.6 is 22.9 Å². The standard InChI is InChI=1S/C22H18ClN5O7S2/c23-15-8-6-14(7-9-15)20(30)28(22(24)32)18(17-5-4-12-36-17)19(29)25-16-13-27(21(16)31)37(33,34)35-26-10-2-1-3-11-26/h1-12,16,18H,13H2,(H2-,24,25,29,32)/p+1. The predicted molar refractivity (Wildman–Crippen MR) is 130 cm³/mol. The molecule has 1 aliphatic rings. The fourth-order valence-electron chi connectivity index (χ4n) is 3.43. The molecule has 0 radical (unpaired) electrons. The van der Waals surface area contributed by atoms with Crippen molar-refractivity contribution in [3.63, 3.8) is 0 Å². The molecule has 1 aromatic carbocycles. The average molecular weight is 565 g/mol. The molecule has 3 N–H and O–H groups in total. The molecule has 12 nitrogen and oxygen atoms in total. The third-order valence-electron chi connectivity index (χ3n) is 5.21. The van der Waals surface area contributed by atoms with E-state index in [2.05, 4.69) is 5.32 Å². The molecule has 5 amide bonds. The van der Waals surface area contributed by atoms with Gasteiger partial charge in [-0.15, -0.1) is 15.6 Å². The maximum absolute atomic E-state index is 13.3. The highest BCUT2D eigenvalue weighted by Crippen LogP contribution is 2.28. The Kier molecular flexibility index (Phi) is 7.42. The number of β-lactam (4-membered cyclic amide) rings is 1. The Hall–Kier alpha value is -4.01. The molecule has 3 aromatic rings. The minimum Gasteiger partial charge on any atom is -0.351 e. The minimum absolute atomic E-state index is 0.0464. The Bertz CT molecular complexity index is 1430. The van der Waals surface area contributed by atoms with Gasteiger partial charge in [-0.2, -0.15) is 12.7 Å². The van der Waals surface area contributed by atoms with E-state index in [4.69, 9.17) is 21.6 Å². The van der Waals surface area contributed by atoms with Crippen molar-refractivity contribution in [3.05, 3.63) is 87.8 Å². The summed E-state index contributed by atoms with van der Waals surface area (Å²) in [6.45, 7) is -0.417. The molecule has 0 spiro atoms. The Morgan fingerprint density at radius 2 is 1.81 bits per heavy atom. The molecular weight excluding hydrogens is 546 g/mol. The summed E-state index contributed by atoms with van der Waals surface area (Å²) in [4.78, 5) is 52.3. The Balaban J connectivity index is 1.53. The lowest BCUT2D eigenvalue weighted by atomic mass is 10.1. The summed E-state index contributed by atoms with van der Waals surface area (Å²) < 4.78 is 31.1. The minimum atomic E-state index is -4.49. The van der Waals surface area contributed by atoms with Crippen LogP contribution in [0.15, 0.2) is 72.4 Å². The first-order valence-electron chi connectivity index (χ1n) is 10.5. The van der Waals surface area contributed by atoms with E-state index in [0.717, 1.165) is 16.1 Å². The van der Waals surface area contributed by atoms with Crippen molar-refractivity contribution in [3.8, 4) is 0 Å². The highest BCUT2D eigenvalue weighted by molar-refractivity contribution is 7.85. The van der Waals surface area contributed by atoms with Gasteiger partial charge < -0.3 is 11.1 Å². The van der Waals surface area contributed by atoms with E-state index in [1.165, 1.54) is 54.9 Å². The molecular formula is C22H19ClN5O7S2+. The summed E-state index contributed by atoms with van der Waals surface area (Å²) in [7, 11) is -4.49. The molecule has 2 aromatic heterocycles. The van der Waals surface area contributed by atoms with Gasteiger partial charge in [0.1, 0.15) is 6.04 Å². The van der Waals surface area contributed by atoms with Gasteiger partial charge in [-0.3, -0.25) is 14.4 Å². The molecule has 2 unspecified atom stereocenters. The van der Waals surface area contributed by atoms with E-state index in [9.17, 15) is 27.6 Å². The number of pyridine rings is 1. The quantitative estimate of drug-likeness (QED) is 0.300. The SMILES string of the molecule is NC(=O)N(C(=O)c1ccc(Cl)cc1)C(C(=O)NC1CN(S(=O)(=O)O[n+]2ccccc2)C1=O)c1cccs1. The summed E-state index contributed by atoms with van der Waals surface area (Å²) in [6.07, 6.45) is 2.64. The number of hydrogen-bond acceptors (Lipinski definition) is 8. The predicted octanol–water partition coefficient (Wildman–Crippen LogP) is 0.652. The Morgan fingerprint density at radius 3 is 2.38 bits per heavy atom. The summed E-state index contributed by atoms with van der Waals surface area (Å²) in [5.74, 6) is -2.73. The van der Waals surface area contributed by atoms with Crippen molar-refractivity contribution in [1.82, 2.24) is 14.5 Å². The number of rotatable bonds is 8. The van der Waals surface area contributed by atoms with Crippen molar-refractivity contribution in [2.24, 2.45) is 5.73 Å². The molecule has 0 aliphatic carbocycles. The number of nitrogens with two attached hydrogens (primary N) is 1. The number of hydrogen-bond donors (Lipinski definition) is 2. The lowest BCUT2D eigenvalue weighted by molar-refractivity contribution is -0.857. The molecule has 1 aliphatic heterocycles. The number of amides is 5. The summed E-state index contributed by atoms with van der Waals surface area (Å²) in [5, 5.41) is 4.38. The summed E-state index contributed by atoms with van der Waals surface area (Å²) in [5.41, 5.74) is 5.54. The van der Waals surface area contributed by atoms with Gasteiger partial charge in [0.25, 0.3) is 11.8 Å². The number of carbonyl (C=O) groups is 4. The van der Waals surface area contributed by atoms with E-state index in [1.54, 1.807) is 17.5 Å². The van der Waals surface area contributed by atoms with Crippen molar-refractivity contribution in [2.45, 2.75) is 12.1 Å². The molecule has 15 heteroatoms. The number of benzene rings is 1. The van der Waals surface area contributed by atoms with Gasteiger partial charge in [0.15, 0.2) is 6.04 Å². The van der Waals surface area contributed by atoms with Crippen LogP contribution in [0.1, 0.15) is 21.3 Å². The van der Waals surface area contributed by atoms with Crippen LogP contribution in [0.4, 0.5) is 4.79 Å². The van der Waals surface area contributed by atoms with Gasteiger partial charge in [0.2, 0.25) is 18.3 Å². The number of primary amides is 1. The molecule has 1 fully saturated rings. The third kappa shape index (κ3) is 5.55. The Morgan fingerprint density at radius 1 is 1.14 bits per heavy atom. The lowest BCUT2D eigenvalue weighted by Crippen LogP contribution is -2.68. The topological polar surface area (TPSA) is 160 Å². The lowest BCUT2D eigenvalue weighted by Gasteiger charge is -2.36. The fourth-order valence-corrected chi connectivity index (χ4v) is 5.45. The van der Waals surface area contributed by atoms with Gasteiger partial charge in [-0.25, -0.2) is 9.69 Å². The van der Waals surface area contributed by atoms with Crippen molar-refractivity contribution in [1.29, 1.82) is 0 Å². The largest absolute Gasteiger partial charge is 0.466 e. The van der Waals surface area contributed by atoms with Crippen LogP contribution < -0.4 is 20.1 Å². The van der Waals surface area contributed by atoms with Gasteiger partial charge in [-0.1, -0.05) is 23.7 Å². The molecule has 37 heavy (non-hydrogen) atoms. The van der Waals surface area contributed by atoms with Crippen LogP contribution in [0.2, 0.25) is 5.02 Å². The number of aromatic nitrogens is 1. The summed E-state index contributed by atoms with van der Waals surface area (Å²) >= 11 is 6.95. The molecule has 3 heterocycles. The van der Waals surface area contributed by atoms with Crippen LogP contribution in [0.3, 0.4) is 0 Å². The zero-order valence-corrected chi connectivity index (χ0v) is 21.2. The van der Waals surface area contributed by atoms with Crippen LogP contribution in [0.5, 0.6) is 0 Å². The number of carbonyl (C=O) groups excluding carboxylic acids is 4. The molecule has 4 rings (SSSR count). The molecule has 0 bridgehead atoms. The molecule has 0 saturated carbocycles. The zero-order chi connectivity index (χ0) is 26.7. The molecule has 192 valence electrons.